The molecule has 0 aromatic heterocycles. The Labute approximate surface area is 134 Å². The lowest BCUT2D eigenvalue weighted by molar-refractivity contribution is 0.220. The molecule has 3 heteroatoms. The van der Waals surface area contributed by atoms with Gasteiger partial charge in [0.25, 0.3) is 0 Å². The van der Waals surface area contributed by atoms with Crippen LogP contribution in [-0.4, -0.2) is 26.3 Å². The predicted octanol–water partition coefficient (Wildman–Crippen LogP) is 4.05. The smallest absolute Gasteiger partial charge is 0.123 e. The van der Waals surface area contributed by atoms with Crippen LogP contribution in [0.15, 0.2) is 18.2 Å². The van der Waals surface area contributed by atoms with Crippen molar-refractivity contribution in [1.29, 1.82) is 0 Å². The van der Waals surface area contributed by atoms with E-state index in [0.717, 1.165) is 44.2 Å². The lowest BCUT2D eigenvalue weighted by atomic mass is 9.75. The van der Waals surface area contributed by atoms with Crippen molar-refractivity contribution >= 4 is 0 Å². The van der Waals surface area contributed by atoms with E-state index in [9.17, 15) is 0 Å². The van der Waals surface area contributed by atoms with Gasteiger partial charge in [0, 0.05) is 11.0 Å². The number of rotatable bonds is 7. The topological polar surface area (TPSA) is 30.5 Å². The van der Waals surface area contributed by atoms with Gasteiger partial charge in [-0.05, 0) is 50.6 Å². The molecular weight excluding hydrogens is 274 g/mol. The highest BCUT2D eigenvalue weighted by Crippen LogP contribution is 2.45. The monoisotopic (exact) mass is 303 g/mol. The van der Waals surface area contributed by atoms with Crippen LogP contribution in [0.4, 0.5) is 0 Å². The second-order valence-electron chi connectivity index (χ2n) is 6.74. The molecule has 2 aliphatic heterocycles. The summed E-state index contributed by atoms with van der Waals surface area (Å²) in [6, 6.07) is 6.39. The summed E-state index contributed by atoms with van der Waals surface area (Å²) in [5, 5.41) is 3.45. The number of fused-ring (bicyclic) bond motifs is 2. The maximum atomic E-state index is 5.97. The van der Waals surface area contributed by atoms with Crippen LogP contribution in [0.3, 0.4) is 0 Å². The molecule has 0 atom stereocenters. The Morgan fingerprint density at radius 1 is 1.14 bits per heavy atom. The average Bonchev–Trinajstić information content (AvgIpc) is 2.90. The second kappa shape index (κ2) is 7.36. The van der Waals surface area contributed by atoms with E-state index in [4.69, 9.17) is 9.47 Å². The number of hydrogen-bond donors (Lipinski definition) is 1. The van der Waals surface area contributed by atoms with Crippen molar-refractivity contribution in [3.05, 3.63) is 23.8 Å². The van der Waals surface area contributed by atoms with Gasteiger partial charge in [0.2, 0.25) is 0 Å². The van der Waals surface area contributed by atoms with Crippen LogP contribution in [0, 0.1) is 0 Å². The van der Waals surface area contributed by atoms with Crippen LogP contribution >= 0.6 is 0 Å². The van der Waals surface area contributed by atoms with Crippen molar-refractivity contribution in [2.75, 3.05) is 26.3 Å². The first kappa shape index (κ1) is 15.7. The van der Waals surface area contributed by atoms with Gasteiger partial charge in [-0.1, -0.05) is 32.6 Å². The fourth-order valence-electron chi connectivity index (χ4n) is 3.65. The molecule has 0 amide bonds. The minimum absolute atomic E-state index is 0.223. The Morgan fingerprint density at radius 3 is 2.77 bits per heavy atom. The van der Waals surface area contributed by atoms with Crippen molar-refractivity contribution in [3.8, 4) is 11.5 Å². The van der Waals surface area contributed by atoms with Crippen LogP contribution in [0.25, 0.3) is 0 Å². The minimum Gasteiger partial charge on any atom is -0.494 e. The number of piperidine rings is 1. The molecule has 3 rings (SSSR count). The zero-order valence-electron chi connectivity index (χ0n) is 13.8. The summed E-state index contributed by atoms with van der Waals surface area (Å²) in [5.74, 6) is 2.08. The van der Waals surface area contributed by atoms with E-state index in [0.29, 0.717) is 0 Å². The Kier molecular flexibility index (Phi) is 5.24. The molecule has 1 aromatic carbocycles. The molecule has 0 bridgehead atoms. The molecule has 0 saturated carbocycles. The standard InChI is InChI=1S/C19H29NO2/c1-2-3-4-5-6-13-21-16-7-8-18-17(14-16)19(15-22-18)9-11-20-12-10-19/h7-8,14,20H,2-6,9-13,15H2,1H3. The maximum Gasteiger partial charge on any atom is 0.123 e. The summed E-state index contributed by atoms with van der Waals surface area (Å²) in [6.45, 7) is 6.10. The lowest BCUT2D eigenvalue weighted by Crippen LogP contribution is -2.40. The summed E-state index contributed by atoms with van der Waals surface area (Å²) in [5.41, 5.74) is 1.60. The van der Waals surface area contributed by atoms with Crippen LogP contribution in [0.5, 0.6) is 11.5 Å². The number of ether oxygens (including phenoxy) is 2. The molecule has 22 heavy (non-hydrogen) atoms. The molecule has 122 valence electrons. The van der Waals surface area contributed by atoms with Crippen LogP contribution in [-0.2, 0) is 5.41 Å². The van der Waals surface area contributed by atoms with E-state index in [1.165, 1.54) is 44.1 Å². The van der Waals surface area contributed by atoms with Gasteiger partial charge in [0.05, 0.1) is 13.2 Å². The van der Waals surface area contributed by atoms with Gasteiger partial charge in [-0.2, -0.15) is 0 Å². The van der Waals surface area contributed by atoms with E-state index in [1.54, 1.807) is 0 Å². The molecule has 0 aliphatic carbocycles. The summed E-state index contributed by atoms with van der Waals surface area (Å²) in [6.07, 6.45) is 8.73. The molecular formula is C19H29NO2. The van der Waals surface area contributed by atoms with Crippen LogP contribution in [0.1, 0.15) is 57.4 Å². The third-order valence-corrected chi connectivity index (χ3v) is 5.10. The SMILES string of the molecule is CCCCCCCOc1ccc2c(c1)C1(CCNCC1)CO2. The van der Waals surface area contributed by atoms with Crippen molar-refractivity contribution in [3.63, 3.8) is 0 Å². The number of unbranched alkanes of at least 4 members (excludes halogenated alkanes) is 4. The van der Waals surface area contributed by atoms with Crippen LogP contribution < -0.4 is 14.8 Å². The first-order chi connectivity index (χ1) is 10.8. The fourth-order valence-corrected chi connectivity index (χ4v) is 3.65. The van der Waals surface area contributed by atoms with E-state index < -0.39 is 0 Å². The summed E-state index contributed by atoms with van der Waals surface area (Å²) < 4.78 is 11.9. The van der Waals surface area contributed by atoms with Crippen molar-refractivity contribution < 1.29 is 9.47 Å². The quantitative estimate of drug-likeness (QED) is 0.771. The molecule has 1 fully saturated rings. The molecule has 0 unspecified atom stereocenters. The zero-order valence-corrected chi connectivity index (χ0v) is 13.8. The zero-order chi connectivity index (χ0) is 15.3. The average molecular weight is 303 g/mol. The largest absolute Gasteiger partial charge is 0.494 e. The van der Waals surface area contributed by atoms with Crippen molar-refractivity contribution in [2.24, 2.45) is 0 Å². The first-order valence-corrected chi connectivity index (χ1v) is 8.95. The Hall–Kier alpha value is -1.22. The fraction of sp³-hybridized carbons (Fsp3) is 0.684. The first-order valence-electron chi connectivity index (χ1n) is 8.95. The Bertz CT molecular complexity index is 475. The third-order valence-electron chi connectivity index (χ3n) is 5.10. The van der Waals surface area contributed by atoms with Crippen molar-refractivity contribution in [2.45, 2.75) is 57.3 Å². The number of nitrogens with one attached hydrogen (secondary N) is 1. The van der Waals surface area contributed by atoms with E-state index in [2.05, 4.69) is 30.4 Å². The third kappa shape index (κ3) is 3.40. The predicted molar refractivity (Wildman–Crippen MR) is 90.0 cm³/mol. The molecule has 1 N–H and O–H groups in total. The minimum atomic E-state index is 0.223. The van der Waals surface area contributed by atoms with Crippen LogP contribution in [0.2, 0.25) is 0 Å². The summed E-state index contributed by atoms with van der Waals surface area (Å²) >= 11 is 0. The lowest BCUT2D eigenvalue weighted by Gasteiger charge is -2.32. The Morgan fingerprint density at radius 2 is 1.95 bits per heavy atom. The molecule has 3 nitrogen and oxygen atoms in total. The molecule has 0 radical (unpaired) electrons. The second-order valence-corrected chi connectivity index (χ2v) is 6.74. The number of hydrogen-bond acceptors (Lipinski definition) is 3. The van der Waals surface area contributed by atoms with Gasteiger partial charge in [-0.15, -0.1) is 0 Å². The van der Waals surface area contributed by atoms with Gasteiger partial charge >= 0.3 is 0 Å². The van der Waals surface area contributed by atoms with Gasteiger partial charge < -0.3 is 14.8 Å². The van der Waals surface area contributed by atoms with Gasteiger partial charge in [0.15, 0.2) is 0 Å². The van der Waals surface area contributed by atoms with E-state index >= 15 is 0 Å². The molecule has 1 saturated heterocycles. The van der Waals surface area contributed by atoms with Gasteiger partial charge in [0.1, 0.15) is 11.5 Å². The van der Waals surface area contributed by atoms with E-state index in [-0.39, 0.29) is 5.41 Å². The highest BCUT2D eigenvalue weighted by atomic mass is 16.5. The normalized spacial score (nSPS) is 19.0. The molecule has 2 heterocycles. The summed E-state index contributed by atoms with van der Waals surface area (Å²) in [4.78, 5) is 0. The van der Waals surface area contributed by atoms with Gasteiger partial charge in [-0.25, -0.2) is 0 Å². The molecule has 1 spiro atoms. The Balaban J connectivity index is 1.57. The maximum absolute atomic E-state index is 5.97. The highest BCUT2D eigenvalue weighted by Gasteiger charge is 2.41. The number of benzene rings is 1. The summed E-state index contributed by atoms with van der Waals surface area (Å²) in [7, 11) is 0. The van der Waals surface area contributed by atoms with E-state index in [1.807, 2.05) is 0 Å². The highest BCUT2D eigenvalue weighted by molar-refractivity contribution is 5.48. The molecule has 2 aliphatic rings. The molecule has 1 aromatic rings. The van der Waals surface area contributed by atoms with Crippen molar-refractivity contribution in [1.82, 2.24) is 5.32 Å². The van der Waals surface area contributed by atoms with Gasteiger partial charge in [-0.3, -0.25) is 0 Å².